The molecule has 0 radical (unpaired) electrons. The van der Waals surface area contributed by atoms with Crippen molar-refractivity contribution in [1.82, 2.24) is 5.43 Å². The van der Waals surface area contributed by atoms with Crippen molar-refractivity contribution in [3.8, 4) is 0 Å². The number of nitrogens with one attached hydrogen (secondary N) is 1. The molecule has 0 atom stereocenters. The van der Waals surface area contributed by atoms with Crippen molar-refractivity contribution >= 4 is 27.8 Å². The van der Waals surface area contributed by atoms with Gasteiger partial charge in [0.1, 0.15) is 5.82 Å². The van der Waals surface area contributed by atoms with E-state index in [-0.39, 0.29) is 12.4 Å². The van der Waals surface area contributed by atoms with Gasteiger partial charge in [-0.2, -0.15) is 5.10 Å². The number of nitrogens with zero attached hydrogens (tertiary/aromatic N) is 2. The van der Waals surface area contributed by atoms with E-state index in [2.05, 4.69) is 10.5 Å². The number of halogens is 1. The molecular weight excluding hydrogens is 405 g/mol. The van der Waals surface area contributed by atoms with Gasteiger partial charge in [0.15, 0.2) is 0 Å². The lowest BCUT2D eigenvalue weighted by Crippen LogP contribution is -2.29. The second-order valence-electron chi connectivity index (χ2n) is 6.55. The first-order valence-corrected chi connectivity index (χ1v) is 10.9. The summed E-state index contributed by atoms with van der Waals surface area (Å²) in [6.07, 6.45) is 2.57. The van der Waals surface area contributed by atoms with Crippen LogP contribution in [-0.2, 0) is 16.6 Å². The van der Waals surface area contributed by atoms with Crippen LogP contribution < -0.4 is 9.73 Å². The summed E-state index contributed by atoms with van der Waals surface area (Å²) in [4.78, 5) is 12.2. The molecule has 8 heteroatoms. The minimum atomic E-state index is -3.47. The van der Waals surface area contributed by atoms with Crippen molar-refractivity contribution in [1.29, 1.82) is 0 Å². The first-order chi connectivity index (χ1) is 14.3. The lowest BCUT2D eigenvalue weighted by molar-refractivity contribution is 0.0955. The molecule has 0 fully saturated rings. The highest BCUT2D eigenvalue weighted by Gasteiger charge is 2.17. The van der Waals surface area contributed by atoms with Crippen LogP contribution in [0.3, 0.4) is 0 Å². The largest absolute Gasteiger partial charge is 0.271 e. The fourth-order valence-corrected chi connectivity index (χ4v) is 3.59. The van der Waals surface area contributed by atoms with E-state index >= 15 is 0 Å². The Balaban J connectivity index is 1.66. The van der Waals surface area contributed by atoms with Crippen molar-refractivity contribution in [3.63, 3.8) is 0 Å². The van der Waals surface area contributed by atoms with Gasteiger partial charge < -0.3 is 0 Å². The van der Waals surface area contributed by atoms with Crippen molar-refractivity contribution < 1.29 is 17.6 Å². The first-order valence-electron chi connectivity index (χ1n) is 9.03. The average molecular weight is 425 g/mol. The molecule has 0 saturated heterocycles. The molecule has 30 heavy (non-hydrogen) atoms. The topological polar surface area (TPSA) is 78.8 Å². The Hall–Kier alpha value is -3.52. The Morgan fingerprint density at radius 2 is 1.63 bits per heavy atom. The number of hydrazone groups is 1. The van der Waals surface area contributed by atoms with Gasteiger partial charge in [-0.15, -0.1) is 0 Å². The molecule has 0 bridgehead atoms. The predicted molar refractivity (Wildman–Crippen MR) is 115 cm³/mol. The lowest BCUT2D eigenvalue weighted by Gasteiger charge is -2.22. The molecule has 0 aliphatic carbocycles. The normalized spacial score (nSPS) is 11.4. The standard InChI is InChI=1S/C22H20FN3O3S/c1-30(28,29)26(21-5-3-2-4-6-21)16-18-7-11-19(12-8-18)22(27)25-24-15-17-9-13-20(23)14-10-17/h2-15H,16H2,1H3,(H,25,27). The van der Waals surface area contributed by atoms with Crippen LogP contribution in [0.4, 0.5) is 10.1 Å². The first kappa shape index (κ1) is 21.2. The van der Waals surface area contributed by atoms with Crippen LogP contribution in [0.15, 0.2) is 84.0 Å². The number of carbonyl (C=O) groups excluding carboxylic acids is 1. The van der Waals surface area contributed by atoms with Gasteiger partial charge in [-0.3, -0.25) is 9.10 Å². The van der Waals surface area contributed by atoms with Gasteiger partial charge in [0, 0.05) is 5.56 Å². The molecule has 0 spiro atoms. The zero-order valence-corrected chi connectivity index (χ0v) is 17.0. The summed E-state index contributed by atoms with van der Waals surface area (Å²) in [6, 6.07) is 21.1. The third kappa shape index (κ3) is 5.74. The van der Waals surface area contributed by atoms with E-state index in [9.17, 15) is 17.6 Å². The van der Waals surface area contributed by atoms with Gasteiger partial charge in [0.05, 0.1) is 24.7 Å². The number of benzene rings is 3. The molecule has 3 rings (SSSR count). The molecule has 0 unspecified atom stereocenters. The van der Waals surface area contributed by atoms with Gasteiger partial charge in [0.2, 0.25) is 10.0 Å². The second kappa shape index (κ2) is 9.32. The molecule has 3 aromatic carbocycles. The van der Waals surface area contributed by atoms with E-state index in [4.69, 9.17) is 0 Å². The Morgan fingerprint density at radius 3 is 2.23 bits per heavy atom. The van der Waals surface area contributed by atoms with Gasteiger partial charge in [-0.05, 0) is 47.5 Å². The monoisotopic (exact) mass is 425 g/mol. The van der Waals surface area contributed by atoms with E-state index in [1.807, 2.05) is 6.07 Å². The smallest absolute Gasteiger partial charge is 0.267 e. The minimum Gasteiger partial charge on any atom is -0.267 e. The van der Waals surface area contributed by atoms with Crippen molar-refractivity contribution in [2.24, 2.45) is 5.10 Å². The molecule has 1 amide bonds. The van der Waals surface area contributed by atoms with Crippen LogP contribution in [0.1, 0.15) is 21.5 Å². The lowest BCUT2D eigenvalue weighted by atomic mass is 10.1. The zero-order valence-electron chi connectivity index (χ0n) is 16.2. The van der Waals surface area contributed by atoms with Gasteiger partial charge >= 0.3 is 0 Å². The predicted octanol–water partition coefficient (Wildman–Crippen LogP) is 3.56. The van der Waals surface area contributed by atoms with Crippen molar-refractivity contribution in [2.75, 3.05) is 10.6 Å². The summed E-state index contributed by atoms with van der Waals surface area (Å²) in [5.74, 6) is -0.763. The summed E-state index contributed by atoms with van der Waals surface area (Å²) in [7, 11) is -3.47. The SMILES string of the molecule is CS(=O)(=O)N(Cc1ccc(C(=O)NN=Cc2ccc(F)cc2)cc1)c1ccccc1. The minimum absolute atomic E-state index is 0.146. The van der Waals surface area contributed by atoms with Gasteiger partial charge in [0.25, 0.3) is 5.91 Å². The molecule has 0 saturated carbocycles. The second-order valence-corrected chi connectivity index (χ2v) is 8.46. The third-order valence-electron chi connectivity index (χ3n) is 4.24. The highest BCUT2D eigenvalue weighted by atomic mass is 32.2. The van der Waals surface area contributed by atoms with Crippen LogP contribution in [0, 0.1) is 5.82 Å². The van der Waals surface area contributed by atoms with E-state index in [0.29, 0.717) is 16.8 Å². The number of para-hydroxylation sites is 1. The number of anilines is 1. The van der Waals surface area contributed by atoms with E-state index in [0.717, 1.165) is 11.8 Å². The Bertz CT molecular complexity index is 1130. The molecule has 0 heterocycles. The highest BCUT2D eigenvalue weighted by molar-refractivity contribution is 7.92. The van der Waals surface area contributed by atoms with Crippen LogP contribution in [0.25, 0.3) is 0 Å². The van der Waals surface area contributed by atoms with E-state index < -0.39 is 15.9 Å². The van der Waals surface area contributed by atoms with Crippen molar-refractivity contribution in [3.05, 3.63) is 101 Å². The fraction of sp³-hybridized carbons (Fsp3) is 0.0909. The number of rotatable bonds is 7. The number of carbonyl (C=O) groups is 1. The maximum Gasteiger partial charge on any atom is 0.271 e. The van der Waals surface area contributed by atoms with Crippen LogP contribution in [0.2, 0.25) is 0 Å². The molecular formula is C22H20FN3O3S. The van der Waals surface area contributed by atoms with Crippen LogP contribution in [-0.4, -0.2) is 26.8 Å². The average Bonchev–Trinajstić information content (AvgIpc) is 2.73. The van der Waals surface area contributed by atoms with E-state index in [1.54, 1.807) is 60.7 Å². The zero-order chi connectivity index (χ0) is 21.6. The number of sulfonamides is 1. The van der Waals surface area contributed by atoms with E-state index in [1.165, 1.54) is 22.7 Å². The maximum atomic E-state index is 12.9. The van der Waals surface area contributed by atoms with Crippen LogP contribution in [0.5, 0.6) is 0 Å². The summed E-state index contributed by atoms with van der Waals surface area (Å²) in [6.45, 7) is 0.146. The highest BCUT2D eigenvalue weighted by Crippen LogP contribution is 2.20. The molecule has 3 aromatic rings. The third-order valence-corrected chi connectivity index (χ3v) is 5.38. The van der Waals surface area contributed by atoms with Crippen molar-refractivity contribution in [2.45, 2.75) is 6.54 Å². The summed E-state index contributed by atoms with van der Waals surface area (Å²) < 4.78 is 38.6. The Labute approximate surface area is 174 Å². The molecule has 1 N–H and O–H groups in total. The number of amides is 1. The summed E-state index contributed by atoms with van der Waals surface area (Å²) in [5.41, 5.74) is 4.72. The summed E-state index contributed by atoms with van der Waals surface area (Å²) >= 11 is 0. The Morgan fingerprint density at radius 1 is 1.00 bits per heavy atom. The Kier molecular flexibility index (Phi) is 6.58. The molecule has 0 aliphatic heterocycles. The molecule has 154 valence electrons. The van der Waals surface area contributed by atoms with Crippen LogP contribution >= 0.6 is 0 Å². The maximum absolute atomic E-state index is 12.9. The summed E-state index contributed by atoms with van der Waals surface area (Å²) in [5, 5.41) is 3.86. The fourth-order valence-electron chi connectivity index (χ4n) is 2.70. The number of hydrogen-bond donors (Lipinski definition) is 1. The molecule has 0 aromatic heterocycles. The number of hydrogen-bond acceptors (Lipinski definition) is 4. The van der Waals surface area contributed by atoms with Gasteiger partial charge in [-0.1, -0.05) is 42.5 Å². The van der Waals surface area contributed by atoms with Gasteiger partial charge in [-0.25, -0.2) is 18.2 Å². The molecule has 0 aliphatic rings. The molecule has 6 nitrogen and oxygen atoms in total. The quantitative estimate of drug-likeness (QED) is 0.464.